The van der Waals surface area contributed by atoms with Gasteiger partial charge in [-0.1, -0.05) is 41.0 Å². The topological polar surface area (TPSA) is 43.6 Å². The maximum Gasteiger partial charge on any atom is 0.214 e. The third-order valence-corrected chi connectivity index (χ3v) is 5.16. The van der Waals surface area contributed by atoms with Gasteiger partial charge >= 0.3 is 0 Å². The molecule has 1 heterocycles. The lowest BCUT2D eigenvalue weighted by atomic mass is 10.2. The van der Waals surface area contributed by atoms with Crippen LogP contribution in [0.15, 0.2) is 47.6 Å². The third-order valence-electron chi connectivity index (χ3n) is 2.88. The van der Waals surface area contributed by atoms with Crippen LogP contribution in [-0.4, -0.2) is 20.2 Å². The van der Waals surface area contributed by atoms with Crippen LogP contribution in [0.4, 0.5) is 0 Å². The van der Waals surface area contributed by atoms with Gasteiger partial charge in [0.05, 0.1) is 5.69 Å². The molecular weight excluding hydrogens is 454 g/mol. The van der Waals surface area contributed by atoms with Gasteiger partial charge in [0.1, 0.15) is 0 Å². The Hall–Kier alpha value is -0.830. The highest BCUT2D eigenvalue weighted by Crippen LogP contribution is 2.28. The van der Waals surface area contributed by atoms with Gasteiger partial charge in [-0.2, -0.15) is 4.68 Å². The van der Waals surface area contributed by atoms with E-state index in [4.69, 9.17) is 23.2 Å². The first-order chi connectivity index (χ1) is 10.6. The molecular formula is C14H9Cl2IN4S. The van der Waals surface area contributed by atoms with E-state index < -0.39 is 0 Å². The first-order valence-electron chi connectivity index (χ1n) is 6.24. The summed E-state index contributed by atoms with van der Waals surface area (Å²) in [7, 11) is 0. The van der Waals surface area contributed by atoms with Crippen molar-refractivity contribution in [3.63, 3.8) is 0 Å². The molecule has 2 aromatic carbocycles. The maximum absolute atomic E-state index is 6.19. The van der Waals surface area contributed by atoms with Crippen molar-refractivity contribution < 1.29 is 0 Å². The van der Waals surface area contributed by atoms with Crippen LogP contribution in [0.25, 0.3) is 5.69 Å². The van der Waals surface area contributed by atoms with Crippen molar-refractivity contribution in [1.82, 2.24) is 20.2 Å². The van der Waals surface area contributed by atoms with Gasteiger partial charge in [0.15, 0.2) is 0 Å². The van der Waals surface area contributed by atoms with E-state index in [1.54, 1.807) is 10.7 Å². The van der Waals surface area contributed by atoms with Crippen molar-refractivity contribution >= 4 is 57.6 Å². The number of halogens is 3. The van der Waals surface area contributed by atoms with E-state index in [1.807, 2.05) is 36.4 Å². The van der Waals surface area contributed by atoms with Crippen molar-refractivity contribution in [3.05, 3.63) is 61.6 Å². The minimum Gasteiger partial charge on any atom is -0.187 e. The summed E-state index contributed by atoms with van der Waals surface area (Å²) in [4.78, 5) is 0. The summed E-state index contributed by atoms with van der Waals surface area (Å²) < 4.78 is 2.88. The lowest BCUT2D eigenvalue weighted by Gasteiger charge is -2.06. The fraction of sp³-hybridized carbons (Fsp3) is 0.0714. The van der Waals surface area contributed by atoms with Crippen LogP contribution in [-0.2, 0) is 5.75 Å². The number of tetrazole rings is 1. The SMILES string of the molecule is Clc1ccc(CSc2nnnn2-c2ccc(I)cc2)c(Cl)c1. The van der Waals surface area contributed by atoms with Crippen LogP contribution in [0.2, 0.25) is 10.0 Å². The predicted molar refractivity (Wildman–Crippen MR) is 97.9 cm³/mol. The molecule has 0 saturated heterocycles. The van der Waals surface area contributed by atoms with E-state index in [9.17, 15) is 0 Å². The number of thioether (sulfide) groups is 1. The van der Waals surface area contributed by atoms with Crippen LogP contribution in [0.1, 0.15) is 5.56 Å². The molecule has 0 aliphatic heterocycles. The number of hydrogen-bond donors (Lipinski definition) is 0. The van der Waals surface area contributed by atoms with Crippen LogP contribution in [0.3, 0.4) is 0 Å². The Morgan fingerprint density at radius 2 is 1.86 bits per heavy atom. The zero-order chi connectivity index (χ0) is 15.5. The number of nitrogens with zero attached hydrogens (tertiary/aromatic N) is 4. The first kappa shape index (κ1) is 16.0. The summed E-state index contributed by atoms with van der Waals surface area (Å²) in [5.74, 6) is 0.667. The number of hydrogen-bond acceptors (Lipinski definition) is 4. The molecule has 0 spiro atoms. The Morgan fingerprint density at radius 1 is 1.09 bits per heavy atom. The van der Waals surface area contributed by atoms with Crippen molar-refractivity contribution in [1.29, 1.82) is 0 Å². The van der Waals surface area contributed by atoms with Crippen molar-refractivity contribution in [2.24, 2.45) is 0 Å². The molecule has 0 fully saturated rings. The first-order valence-corrected chi connectivity index (χ1v) is 9.06. The molecule has 4 nitrogen and oxygen atoms in total. The summed E-state index contributed by atoms with van der Waals surface area (Å²) >= 11 is 15.9. The summed E-state index contributed by atoms with van der Waals surface area (Å²) in [6, 6.07) is 13.5. The predicted octanol–water partition coefficient (Wildman–Crippen LogP) is 4.87. The second kappa shape index (κ2) is 7.16. The Labute approximate surface area is 155 Å². The molecule has 0 aliphatic rings. The largest absolute Gasteiger partial charge is 0.214 e. The van der Waals surface area contributed by atoms with Gasteiger partial charge in [0, 0.05) is 19.4 Å². The molecule has 0 radical (unpaired) electrons. The van der Waals surface area contributed by atoms with Crippen LogP contribution >= 0.6 is 57.6 Å². The molecule has 0 bridgehead atoms. The second-order valence-electron chi connectivity index (χ2n) is 4.37. The van der Waals surface area contributed by atoms with Crippen LogP contribution in [0.5, 0.6) is 0 Å². The minimum atomic E-state index is 0.627. The zero-order valence-electron chi connectivity index (χ0n) is 11.1. The van der Waals surface area contributed by atoms with E-state index in [1.165, 1.54) is 11.8 Å². The molecule has 0 amide bonds. The fourth-order valence-corrected chi connectivity index (χ4v) is 3.60. The fourth-order valence-electron chi connectivity index (χ4n) is 1.79. The highest BCUT2D eigenvalue weighted by Gasteiger charge is 2.10. The summed E-state index contributed by atoms with van der Waals surface area (Å²) in [6.45, 7) is 0. The van der Waals surface area contributed by atoms with Gasteiger partial charge in [0.2, 0.25) is 5.16 Å². The molecule has 1 aromatic heterocycles. The van der Waals surface area contributed by atoms with Gasteiger partial charge in [-0.25, -0.2) is 0 Å². The zero-order valence-corrected chi connectivity index (χ0v) is 15.6. The van der Waals surface area contributed by atoms with Crippen molar-refractivity contribution in [3.8, 4) is 5.69 Å². The molecule has 3 rings (SSSR count). The van der Waals surface area contributed by atoms with E-state index in [-0.39, 0.29) is 0 Å². The van der Waals surface area contributed by atoms with Crippen LogP contribution in [0, 0.1) is 3.57 Å². The summed E-state index contributed by atoms with van der Waals surface area (Å²) in [6.07, 6.45) is 0. The van der Waals surface area contributed by atoms with E-state index in [2.05, 4.69) is 38.1 Å². The number of aromatic nitrogens is 4. The Kier molecular flexibility index (Phi) is 5.22. The molecule has 0 unspecified atom stereocenters. The van der Waals surface area contributed by atoms with Gasteiger partial charge in [-0.3, -0.25) is 0 Å². The molecule has 112 valence electrons. The third kappa shape index (κ3) is 3.73. The Bertz CT molecular complexity index is 792. The van der Waals surface area contributed by atoms with Crippen molar-refractivity contribution in [2.45, 2.75) is 10.9 Å². The Morgan fingerprint density at radius 3 is 2.59 bits per heavy atom. The monoisotopic (exact) mass is 462 g/mol. The number of benzene rings is 2. The van der Waals surface area contributed by atoms with Gasteiger partial charge in [0.25, 0.3) is 0 Å². The Balaban J connectivity index is 1.79. The van der Waals surface area contributed by atoms with E-state index in [0.29, 0.717) is 21.0 Å². The highest BCUT2D eigenvalue weighted by molar-refractivity contribution is 14.1. The molecule has 22 heavy (non-hydrogen) atoms. The number of rotatable bonds is 4. The average molecular weight is 463 g/mol. The quantitative estimate of drug-likeness (QED) is 0.410. The van der Waals surface area contributed by atoms with Crippen LogP contribution < -0.4 is 0 Å². The summed E-state index contributed by atoms with van der Waals surface area (Å²) in [5.41, 5.74) is 1.92. The molecule has 0 saturated carbocycles. The normalized spacial score (nSPS) is 10.9. The maximum atomic E-state index is 6.19. The minimum absolute atomic E-state index is 0.627. The average Bonchev–Trinajstić information content (AvgIpc) is 2.95. The van der Waals surface area contributed by atoms with Gasteiger partial charge < -0.3 is 0 Å². The molecule has 8 heteroatoms. The second-order valence-corrected chi connectivity index (χ2v) is 7.41. The van der Waals surface area contributed by atoms with E-state index in [0.717, 1.165) is 14.8 Å². The smallest absolute Gasteiger partial charge is 0.187 e. The molecule has 0 N–H and O–H groups in total. The molecule has 0 aliphatic carbocycles. The lowest BCUT2D eigenvalue weighted by molar-refractivity contribution is 0.756. The molecule has 3 aromatic rings. The van der Waals surface area contributed by atoms with Gasteiger partial charge in [-0.05, 0) is 75.0 Å². The standard InChI is InChI=1S/C14H9Cl2IN4S/c15-10-2-1-9(13(16)7-10)8-22-14-18-19-20-21(14)12-5-3-11(17)4-6-12/h1-7H,8H2. The van der Waals surface area contributed by atoms with Crippen molar-refractivity contribution in [2.75, 3.05) is 0 Å². The lowest BCUT2D eigenvalue weighted by Crippen LogP contribution is -1.99. The highest BCUT2D eigenvalue weighted by atomic mass is 127. The molecule has 0 atom stereocenters. The summed E-state index contributed by atoms with van der Waals surface area (Å²) in [5, 5.41) is 13.9. The van der Waals surface area contributed by atoms with Gasteiger partial charge in [-0.15, -0.1) is 5.10 Å². The van der Waals surface area contributed by atoms with E-state index >= 15 is 0 Å².